The third kappa shape index (κ3) is 5.28. The number of hydrogen-bond acceptors (Lipinski definition) is 5. The maximum absolute atomic E-state index is 6.28. The molecule has 0 spiro atoms. The molecule has 1 atom stereocenters. The average molecular weight is 744 g/mol. The van der Waals surface area contributed by atoms with Gasteiger partial charge in [-0.3, -0.25) is 0 Å². The molecule has 0 saturated heterocycles. The second kappa shape index (κ2) is 13.0. The zero-order valence-corrected chi connectivity index (χ0v) is 31.3. The van der Waals surface area contributed by atoms with Crippen molar-refractivity contribution in [2.45, 2.75) is 12.3 Å². The number of nitrogens with zero attached hydrogens (tertiary/aromatic N) is 3. The van der Waals surface area contributed by atoms with Gasteiger partial charge in [0.2, 0.25) is 0 Å². The molecular weight excluding hydrogens is 711 g/mol. The van der Waals surface area contributed by atoms with Crippen LogP contribution in [-0.4, -0.2) is 15.0 Å². The summed E-state index contributed by atoms with van der Waals surface area (Å²) in [6.07, 6.45) is 7.55. The fraction of sp³-hybridized carbons (Fsp3) is 0.0377. The van der Waals surface area contributed by atoms with Crippen LogP contribution in [0.15, 0.2) is 191 Å². The maximum atomic E-state index is 6.28. The smallest absolute Gasteiger partial charge is 0.164 e. The highest BCUT2D eigenvalue weighted by Gasteiger charge is 2.22. The van der Waals surface area contributed by atoms with Crippen LogP contribution in [0.2, 0.25) is 0 Å². The summed E-state index contributed by atoms with van der Waals surface area (Å²) in [7, 11) is 0. The summed E-state index contributed by atoms with van der Waals surface area (Å²) in [5.74, 6) is 1.99. The Hall–Kier alpha value is -7.63. The van der Waals surface area contributed by atoms with Crippen molar-refractivity contribution in [1.29, 1.82) is 0 Å². The summed E-state index contributed by atoms with van der Waals surface area (Å²) in [5.41, 5.74) is 9.93. The standard InChI is InChI=1S/C53H33N3O2/c1-2-11-35-30-36(27-24-32(35)10-1)33-22-25-34(26-23-33)51-54-52(38-13-7-12-37(31-38)39-16-9-21-47-49(39)43-14-3-5-19-45(43)57-47)56-53(55-51)42-18-8-17-41-40(42)28-29-48-50(41)44-15-4-6-20-46(44)58-48/h1-25,27-31,34H,26H2. The van der Waals surface area contributed by atoms with E-state index in [9.17, 15) is 0 Å². The van der Waals surface area contributed by atoms with Gasteiger partial charge in [0, 0.05) is 38.6 Å². The lowest BCUT2D eigenvalue weighted by Crippen LogP contribution is -2.08. The van der Waals surface area contributed by atoms with E-state index in [1.54, 1.807) is 0 Å². The Morgan fingerprint density at radius 2 is 1.10 bits per heavy atom. The molecule has 1 unspecified atom stereocenters. The Bertz CT molecular complexity index is 3510. The first-order chi connectivity index (χ1) is 28.7. The summed E-state index contributed by atoms with van der Waals surface area (Å²) in [5, 5.41) is 9.03. The van der Waals surface area contributed by atoms with Gasteiger partial charge in [-0.1, -0.05) is 140 Å². The van der Waals surface area contributed by atoms with Crippen molar-refractivity contribution in [3.63, 3.8) is 0 Å². The highest BCUT2D eigenvalue weighted by molar-refractivity contribution is 6.20. The largest absolute Gasteiger partial charge is 0.456 e. The van der Waals surface area contributed by atoms with Crippen LogP contribution in [0, 0.1) is 0 Å². The van der Waals surface area contributed by atoms with Crippen molar-refractivity contribution in [2.24, 2.45) is 0 Å². The van der Waals surface area contributed by atoms with Gasteiger partial charge in [0.15, 0.2) is 11.6 Å². The van der Waals surface area contributed by atoms with E-state index in [0.717, 1.165) is 89.1 Å². The van der Waals surface area contributed by atoms with E-state index in [0.29, 0.717) is 11.6 Å². The van der Waals surface area contributed by atoms with E-state index >= 15 is 0 Å². The van der Waals surface area contributed by atoms with Crippen LogP contribution in [0.1, 0.15) is 23.7 Å². The second-order valence-corrected chi connectivity index (χ2v) is 15.1. The van der Waals surface area contributed by atoms with Gasteiger partial charge in [0.05, 0.1) is 0 Å². The molecule has 58 heavy (non-hydrogen) atoms. The molecule has 0 bridgehead atoms. The molecular formula is C53H33N3O2. The fourth-order valence-corrected chi connectivity index (χ4v) is 8.82. The van der Waals surface area contributed by atoms with Crippen LogP contribution in [0.3, 0.4) is 0 Å². The molecule has 1 aliphatic rings. The van der Waals surface area contributed by atoms with Crippen molar-refractivity contribution >= 4 is 71.0 Å². The predicted molar refractivity (Wildman–Crippen MR) is 237 cm³/mol. The van der Waals surface area contributed by atoms with Gasteiger partial charge in [-0.15, -0.1) is 0 Å². The Morgan fingerprint density at radius 3 is 1.95 bits per heavy atom. The molecule has 0 radical (unpaired) electrons. The fourth-order valence-electron chi connectivity index (χ4n) is 8.82. The number of fused-ring (bicyclic) bond motifs is 9. The van der Waals surface area contributed by atoms with Crippen molar-refractivity contribution in [3.8, 4) is 33.9 Å². The quantitative estimate of drug-likeness (QED) is 0.176. The second-order valence-electron chi connectivity index (χ2n) is 15.1. The maximum Gasteiger partial charge on any atom is 0.164 e. The Morgan fingerprint density at radius 1 is 0.431 bits per heavy atom. The van der Waals surface area contributed by atoms with Crippen LogP contribution in [0.4, 0.5) is 0 Å². The molecule has 0 amide bonds. The topological polar surface area (TPSA) is 65.0 Å². The molecule has 5 heteroatoms. The average Bonchev–Trinajstić information content (AvgIpc) is 3.88. The minimum Gasteiger partial charge on any atom is -0.456 e. The van der Waals surface area contributed by atoms with Gasteiger partial charge >= 0.3 is 0 Å². The molecule has 0 saturated carbocycles. The van der Waals surface area contributed by atoms with Crippen molar-refractivity contribution in [3.05, 3.63) is 193 Å². The van der Waals surface area contributed by atoms with E-state index in [4.69, 9.17) is 23.8 Å². The van der Waals surface area contributed by atoms with Crippen molar-refractivity contribution in [1.82, 2.24) is 15.0 Å². The third-order valence-corrected chi connectivity index (χ3v) is 11.6. The lowest BCUT2D eigenvalue weighted by atomic mass is 9.91. The van der Waals surface area contributed by atoms with Gasteiger partial charge in [0.1, 0.15) is 28.2 Å². The summed E-state index contributed by atoms with van der Waals surface area (Å²) in [4.78, 5) is 15.8. The highest BCUT2D eigenvalue weighted by Crippen LogP contribution is 2.40. The Kier molecular flexibility index (Phi) is 7.29. The highest BCUT2D eigenvalue weighted by atomic mass is 16.3. The van der Waals surface area contributed by atoms with Crippen LogP contribution in [0.25, 0.3) is 105 Å². The van der Waals surface area contributed by atoms with Crippen molar-refractivity contribution in [2.75, 3.05) is 0 Å². The SMILES string of the molecule is C1=CC(c2nc(-c3cccc(-c4cccc5oc6ccccc6c45)c3)nc(-c3cccc4c3ccc3oc5ccccc5c34)n2)CC=C1c1ccc2ccccc2c1. The van der Waals surface area contributed by atoms with E-state index in [-0.39, 0.29) is 5.92 Å². The van der Waals surface area contributed by atoms with Gasteiger partial charge in [-0.25, -0.2) is 15.0 Å². The minimum absolute atomic E-state index is 0.0292. The monoisotopic (exact) mass is 743 g/mol. The van der Waals surface area contributed by atoms with Gasteiger partial charge in [-0.05, 0) is 92.7 Å². The lowest BCUT2D eigenvalue weighted by molar-refractivity contribution is 0.668. The first kappa shape index (κ1) is 32.6. The lowest BCUT2D eigenvalue weighted by Gasteiger charge is -2.18. The van der Waals surface area contributed by atoms with Crippen LogP contribution in [0.5, 0.6) is 0 Å². The predicted octanol–water partition coefficient (Wildman–Crippen LogP) is 14.1. The Balaban J connectivity index is 1.01. The first-order valence-corrected chi connectivity index (χ1v) is 19.7. The van der Waals surface area contributed by atoms with Gasteiger partial charge in [-0.2, -0.15) is 0 Å². The molecule has 5 nitrogen and oxygen atoms in total. The van der Waals surface area contributed by atoms with E-state index in [2.05, 4.69) is 152 Å². The van der Waals surface area contributed by atoms with Crippen LogP contribution >= 0.6 is 0 Å². The number of rotatable bonds is 5. The third-order valence-electron chi connectivity index (χ3n) is 11.6. The van der Waals surface area contributed by atoms with Crippen LogP contribution < -0.4 is 0 Å². The number of aromatic nitrogens is 3. The molecule has 0 N–H and O–H groups in total. The normalized spacial score (nSPS) is 14.3. The first-order valence-electron chi connectivity index (χ1n) is 19.7. The molecule has 1 aliphatic carbocycles. The summed E-state index contributed by atoms with van der Waals surface area (Å²) in [6.45, 7) is 0. The number of allylic oxidation sites excluding steroid dienone is 4. The summed E-state index contributed by atoms with van der Waals surface area (Å²) in [6, 6.07) is 57.0. The van der Waals surface area contributed by atoms with Crippen LogP contribution in [-0.2, 0) is 0 Å². The summed E-state index contributed by atoms with van der Waals surface area (Å²) >= 11 is 0. The molecule has 3 heterocycles. The zero-order chi connectivity index (χ0) is 38.2. The van der Waals surface area contributed by atoms with Crippen molar-refractivity contribution < 1.29 is 8.83 Å². The number of para-hydroxylation sites is 2. The number of furan rings is 2. The minimum atomic E-state index is -0.0292. The van der Waals surface area contributed by atoms with Gasteiger partial charge in [0.25, 0.3) is 0 Å². The Labute approximate surface area is 333 Å². The van der Waals surface area contributed by atoms with Gasteiger partial charge < -0.3 is 8.83 Å². The van der Waals surface area contributed by atoms with E-state index in [1.807, 2.05) is 30.3 Å². The van der Waals surface area contributed by atoms with E-state index in [1.165, 1.54) is 21.9 Å². The molecule has 3 aromatic heterocycles. The molecule has 8 aromatic carbocycles. The number of benzene rings is 8. The molecule has 11 aromatic rings. The molecule has 272 valence electrons. The molecule has 0 aliphatic heterocycles. The molecule has 0 fully saturated rings. The number of hydrogen-bond donors (Lipinski definition) is 0. The van der Waals surface area contributed by atoms with E-state index < -0.39 is 0 Å². The zero-order valence-electron chi connectivity index (χ0n) is 31.3. The summed E-state index contributed by atoms with van der Waals surface area (Å²) < 4.78 is 12.5. The molecule has 12 rings (SSSR count).